The SMILES string of the molecule is Cn1nc(C2CCCC2)cc1NC(=O)c1ccc(OCC(=O)O)cc1. The second-order valence-corrected chi connectivity index (χ2v) is 6.22. The molecule has 0 spiro atoms. The van der Waals surface area contributed by atoms with Gasteiger partial charge in [0.25, 0.3) is 5.91 Å². The molecule has 1 fully saturated rings. The number of nitrogens with one attached hydrogen (secondary N) is 1. The van der Waals surface area contributed by atoms with Crippen molar-refractivity contribution >= 4 is 17.7 Å². The molecule has 0 atom stereocenters. The lowest BCUT2D eigenvalue weighted by molar-refractivity contribution is -0.139. The molecule has 25 heavy (non-hydrogen) atoms. The summed E-state index contributed by atoms with van der Waals surface area (Å²) in [7, 11) is 1.82. The van der Waals surface area contributed by atoms with Crippen LogP contribution in [0.3, 0.4) is 0 Å². The Morgan fingerprint density at radius 1 is 1.28 bits per heavy atom. The van der Waals surface area contributed by atoms with Crippen molar-refractivity contribution in [2.75, 3.05) is 11.9 Å². The van der Waals surface area contributed by atoms with Crippen LogP contribution in [-0.4, -0.2) is 33.4 Å². The molecule has 7 nitrogen and oxygen atoms in total. The van der Waals surface area contributed by atoms with Crippen LogP contribution in [0.15, 0.2) is 30.3 Å². The zero-order valence-electron chi connectivity index (χ0n) is 14.1. The number of aryl methyl sites for hydroxylation is 1. The van der Waals surface area contributed by atoms with Crippen molar-refractivity contribution in [1.82, 2.24) is 9.78 Å². The topological polar surface area (TPSA) is 93.5 Å². The van der Waals surface area contributed by atoms with Crippen LogP contribution in [0.2, 0.25) is 0 Å². The van der Waals surface area contributed by atoms with Gasteiger partial charge in [-0.15, -0.1) is 0 Å². The Morgan fingerprint density at radius 3 is 2.60 bits per heavy atom. The van der Waals surface area contributed by atoms with Gasteiger partial charge >= 0.3 is 5.97 Å². The molecule has 0 saturated heterocycles. The Balaban J connectivity index is 1.64. The van der Waals surface area contributed by atoms with Crippen LogP contribution in [0.4, 0.5) is 5.82 Å². The number of carboxylic acid groups (broad SMARTS) is 1. The normalized spacial score (nSPS) is 14.4. The fraction of sp³-hybridized carbons (Fsp3) is 0.389. The highest BCUT2D eigenvalue weighted by atomic mass is 16.5. The first-order valence-corrected chi connectivity index (χ1v) is 8.33. The summed E-state index contributed by atoms with van der Waals surface area (Å²) >= 11 is 0. The first kappa shape index (κ1) is 17.0. The Kier molecular flexibility index (Phi) is 5.02. The third kappa shape index (κ3) is 4.17. The maximum absolute atomic E-state index is 12.4. The van der Waals surface area contributed by atoms with Gasteiger partial charge in [0.1, 0.15) is 11.6 Å². The number of ether oxygens (including phenoxy) is 1. The van der Waals surface area contributed by atoms with E-state index in [1.807, 2.05) is 13.1 Å². The van der Waals surface area contributed by atoms with Gasteiger partial charge in [-0.25, -0.2) is 4.79 Å². The zero-order chi connectivity index (χ0) is 17.8. The molecule has 1 amide bonds. The highest BCUT2D eigenvalue weighted by Crippen LogP contribution is 2.34. The number of nitrogens with zero attached hydrogens (tertiary/aromatic N) is 2. The molecule has 132 valence electrons. The van der Waals surface area contributed by atoms with Crippen LogP contribution in [0.1, 0.15) is 47.7 Å². The minimum absolute atomic E-state index is 0.245. The molecule has 1 aliphatic carbocycles. The monoisotopic (exact) mass is 343 g/mol. The van der Waals surface area contributed by atoms with Crippen molar-refractivity contribution in [3.05, 3.63) is 41.6 Å². The van der Waals surface area contributed by atoms with E-state index in [2.05, 4.69) is 10.4 Å². The van der Waals surface area contributed by atoms with E-state index < -0.39 is 12.6 Å². The molecule has 1 heterocycles. The van der Waals surface area contributed by atoms with Crippen LogP contribution >= 0.6 is 0 Å². The number of hydrogen-bond donors (Lipinski definition) is 2. The predicted octanol–water partition coefficient (Wildman–Crippen LogP) is 2.79. The maximum Gasteiger partial charge on any atom is 0.341 e. The molecule has 1 saturated carbocycles. The Morgan fingerprint density at radius 2 is 1.96 bits per heavy atom. The molecule has 0 aliphatic heterocycles. The van der Waals surface area contributed by atoms with Crippen molar-refractivity contribution in [3.8, 4) is 5.75 Å². The van der Waals surface area contributed by atoms with E-state index in [1.165, 1.54) is 12.8 Å². The van der Waals surface area contributed by atoms with Crippen LogP contribution in [0.25, 0.3) is 0 Å². The molecule has 1 aromatic carbocycles. The molecule has 1 aromatic heterocycles. The molecule has 0 unspecified atom stereocenters. The fourth-order valence-electron chi connectivity index (χ4n) is 3.06. The number of rotatable bonds is 6. The smallest absolute Gasteiger partial charge is 0.341 e. The van der Waals surface area contributed by atoms with Crippen molar-refractivity contribution in [2.45, 2.75) is 31.6 Å². The van der Waals surface area contributed by atoms with Crippen molar-refractivity contribution in [1.29, 1.82) is 0 Å². The maximum atomic E-state index is 12.4. The van der Waals surface area contributed by atoms with E-state index >= 15 is 0 Å². The summed E-state index contributed by atoms with van der Waals surface area (Å²) in [6, 6.07) is 8.29. The van der Waals surface area contributed by atoms with Gasteiger partial charge in [0.15, 0.2) is 6.61 Å². The number of aromatic nitrogens is 2. The minimum atomic E-state index is -1.05. The fourth-order valence-corrected chi connectivity index (χ4v) is 3.06. The van der Waals surface area contributed by atoms with Crippen molar-refractivity contribution in [2.24, 2.45) is 7.05 Å². The van der Waals surface area contributed by atoms with Crippen LogP contribution in [0.5, 0.6) is 5.75 Å². The lowest BCUT2D eigenvalue weighted by Crippen LogP contribution is -2.14. The largest absolute Gasteiger partial charge is 0.482 e. The summed E-state index contributed by atoms with van der Waals surface area (Å²) in [5, 5.41) is 16.0. The van der Waals surface area contributed by atoms with Gasteiger partial charge in [0.2, 0.25) is 0 Å². The number of carbonyl (C=O) groups excluding carboxylic acids is 1. The second kappa shape index (κ2) is 7.38. The predicted molar refractivity (Wildman–Crippen MR) is 91.9 cm³/mol. The van der Waals surface area contributed by atoms with Gasteiger partial charge in [-0.05, 0) is 37.1 Å². The van der Waals surface area contributed by atoms with Gasteiger partial charge in [-0.2, -0.15) is 5.10 Å². The second-order valence-electron chi connectivity index (χ2n) is 6.22. The zero-order valence-corrected chi connectivity index (χ0v) is 14.1. The number of hydrogen-bond acceptors (Lipinski definition) is 4. The number of amides is 1. The van der Waals surface area contributed by atoms with E-state index in [4.69, 9.17) is 9.84 Å². The van der Waals surface area contributed by atoms with Crippen LogP contribution in [0, 0.1) is 0 Å². The summed E-state index contributed by atoms with van der Waals surface area (Å²) in [4.78, 5) is 22.9. The van der Waals surface area contributed by atoms with Crippen molar-refractivity contribution in [3.63, 3.8) is 0 Å². The number of anilines is 1. The molecule has 0 bridgehead atoms. The highest BCUT2D eigenvalue weighted by Gasteiger charge is 2.21. The molecular weight excluding hydrogens is 322 g/mol. The summed E-state index contributed by atoms with van der Waals surface area (Å²) in [5.41, 5.74) is 1.50. The third-order valence-electron chi connectivity index (χ3n) is 4.39. The number of aliphatic carboxylic acids is 1. The number of carbonyl (C=O) groups is 2. The van der Waals surface area contributed by atoms with Gasteiger partial charge in [-0.3, -0.25) is 9.48 Å². The van der Waals surface area contributed by atoms with Gasteiger partial charge in [0, 0.05) is 24.6 Å². The van der Waals surface area contributed by atoms with Crippen molar-refractivity contribution < 1.29 is 19.4 Å². The summed E-state index contributed by atoms with van der Waals surface area (Å²) in [6.45, 7) is -0.412. The van der Waals surface area contributed by atoms with E-state index in [0.717, 1.165) is 18.5 Å². The molecular formula is C18H21N3O4. The minimum Gasteiger partial charge on any atom is -0.482 e. The number of carboxylic acids is 1. The molecule has 0 radical (unpaired) electrons. The van der Waals surface area contributed by atoms with Gasteiger partial charge < -0.3 is 15.2 Å². The van der Waals surface area contributed by atoms with E-state index in [0.29, 0.717) is 23.0 Å². The lowest BCUT2D eigenvalue weighted by atomic mass is 10.0. The van der Waals surface area contributed by atoms with E-state index in [-0.39, 0.29) is 5.91 Å². The highest BCUT2D eigenvalue weighted by molar-refractivity contribution is 6.03. The average Bonchev–Trinajstić information content (AvgIpc) is 3.24. The summed E-state index contributed by atoms with van der Waals surface area (Å²) < 4.78 is 6.74. The van der Waals surface area contributed by atoms with Gasteiger partial charge in [0.05, 0.1) is 5.69 Å². The third-order valence-corrected chi connectivity index (χ3v) is 4.39. The van der Waals surface area contributed by atoms with Crippen LogP contribution in [-0.2, 0) is 11.8 Å². The Labute approximate surface area is 145 Å². The summed E-state index contributed by atoms with van der Waals surface area (Å²) in [5.74, 6) is 0.269. The first-order valence-electron chi connectivity index (χ1n) is 8.33. The molecule has 2 aromatic rings. The molecule has 1 aliphatic rings. The van der Waals surface area contributed by atoms with Gasteiger partial charge in [-0.1, -0.05) is 12.8 Å². The Bertz CT molecular complexity index is 761. The van der Waals surface area contributed by atoms with Crippen LogP contribution < -0.4 is 10.1 Å². The average molecular weight is 343 g/mol. The number of benzene rings is 1. The standard InChI is InChI=1S/C18H21N3O4/c1-21-16(10-15(20-21)12-4-2-3-5-12)19-18(24)13-6-8-14(9-7-13)25-11-17(22)23/h6-10,12H,2-5,11H2,1H3,(H,19,24)(H,22,23). The molecule has 7 heteroatoms. The first-order chi connectivity index (χ1) is 12.0. The lowest BCUT2D eigenvalue weighted by Gasteiger charge is -2.06. The Hall–Kier alpha value is -2.83. The van der Waals surface area contributed by atoms with E-state index in [1.54, 1.807) is 28.9 Å². The quantitative estimate of drug-likeness (QED) is 0.841. The van der Waals surface area contributed by atoms with E-state index in [9.17, 15) is 9.59 Å². The molecule has 3 rings (SSSR count). The molecule has 2 N–H and O–H groups in total. The summed E-state index contributed by atoms with van der Waals surface area (Å²) in [6.07, 6.45) is 4.78.